The van der Waals surface area contributed by atoms with E-state index < -0.39 is 7.12 Å². The van der Waals surface area contributed by atoms with Crippen molar-refractivity contribution in [3.05, 3.63) is 29.8 Å². The molecule has 3 N–H and O–H groups in total. The molecule has 4 heteroatoms. The first-order valence-corrected chi connectivity index (χ1v) is 3.98. The number of rotatable bonds is 1. The van der Waals surface area contributed by atoms with E-state index in [9.17, 15) is 0 Å². The van der Waals surface area contributed by atoms with Crippen LogP contribution >= 0.6 is 0 Å². The van der Waals surface area contributed by atoms with Gasteiger partial charge in [-0.25, -0.2) is 0 Å². The fourth-order valence-electron chi connectivity index (χ4n) is 1.51. The number of hydrogen-bond donors (Lipinski definition) is 3. The molecule has 12 heavy (non-hydrogen) atoms. The summed E-state index contributed by atoms with van der Waals surface area (Å²) in [5.74, 6) is -0.248. The molecule has 1 atom stereocenters. The monoisotopic (exact) mass is 163 g/mol. The van der Waals surface area contributed by atoms with E-state index in [-0.39, 0.29) is 5.94 Å². The fourth-order valence-corrected chi connectivity index (χ4v) is 1.51. The lowest BCUT2D eigenvalue weighted by molar-refractivity contribution is 0.393. The summed E-state index contributed by atoms with van der Waals surface area (Å²) in [6, 6.07) is 7.81. The molecule has 0 aromatic heterocycles. The Morgan fingerprint density at radius 2 is 2.08 bits per heavy atom. The van der Waals surface area contributed by atoms with E-state index in [1.54, 1.807) is 0 Å². The van der Waals surface area contributed by atoms with Crippen LogP contribution in [-0.4, -0.2) is 23.1 Å². The van der Waals surface area contributed by atoms with Crippen LogP contribution in [0.4, 0.5) is 5.69 Å². The Kier molecular flexibility index (Phi) is 1.79. The van der Waals surface area contributed by atoms with Gasteiger partial charge in [-0.2, -0.15) is 0 Å². The number of hydrogen-bond acceptors (Lipinski definition) is 3. The topological polar surface area (TPSA) is 52.5 Å². The molecule has 1 aromatic carbocycles. The molecule has 62 valence electrons. The second kappa shape index (κ2) is 2.81. The maximum atomic E-state index is 8.92. The molecular formula is C8H10BNO2. The summed E-state index contributed by atoms with van der Waals surface area (Å²) < 4.78 is 0. The van der Waals surface area contributed by atoms with Crippen molar-refractivity contribution in [1.82, 2.24) is 0 Å². The predicted octanol–water partition coefficient (Wildman–Crippen LogP) is 0.0352. The molecule has 0 aliphatic carbocycles. The molecule has 0 amide bonds. The molecule has 0 fully saturated rings. The van der Waals surface area contributed by atoms with Gasteiger partial charge in [0.05, 0.1) is 5.94 Å². The lowest BCUT2D eigenvalue weighted by Gasteiger charge is -2.07. The Bertz CT molecular complexity index is 265. The van der Waals surface area contributed by atoms with Crippen molar-refractivity contribution in [2.75, 3.05) is 5.32 Å². The number of benzene rings is 1. The lowest BCUT2D eigenvalue weighted by Crippen LogP contribution is -2.35. The van der Waals surface area contributed by atoms with Crippen molar-refractivity contribution >= 4 is 12.8 Å². The van der Waals surface area contributed by atoms with Crippen molar-refractivity contribution in [3.63, 3.8) is 0 Å². The van der Waals surface area contributed by atoms with E-state index in [2.05, 4.69) is 5.32 Å². The van der Waals surface area contributed by atoms with Crippen molar-refractivity contribution in [2.24, 2.45) is 0 Å². The Morgan fingerprint density at radius 1 is 1.33 bits per heavy atom. The van der Waals surface area contributed by atoms with Gasteiger partial charge in [0.1, 0.15) is 0 Å². The van der Waals surface area contributed by atoms with Gasteiger partial charge in [0, 0.05) is 5.69 Å². The SMILES string of the molecule is OB(O)C1Cc2ccccc2N1. The minimum atomic E-state index is -1.28. The summed E-state index contributed by atoms with van der Waals surface area (Å²) in [4.78, 5) is 0. The van der Waals surface area contributed by atoms with Crippen molar-refractivity contribution in [1.29, 1.82) is 0 Å². The summed E-state index contributed by atoms with van der Waals surface area (Å²) in [5, 5.41) is 20.9. The molecular weight excluding hydrogens is 153 g/mol. The van der Waals surface area contributed by atoms with Gasteiger partial charge in [-0.15, -0.1) is 0 Å². The molecule has 1 aromatic rings. The average molecular weight is 163 g/mol. The third-order valence-electron chi connectivity index (χ3n) is 2.16. The van der Waals surface area contributed by atoms with Crippen LogP contribution in [0, 0.1) is 0 Å². The van der Waals surface area contributed by atoms with Gasteiger partial charge in [0.15, 0.2) is 0 Å². The van der Waals surface area contributed by atoms with Crippen LogP contribution in [0.15, 0.2) is 24.3 Å². The maximum Gasteiger partial charge on any atom is 0.475 e. The molecule has 0 saturated heterocycles. The zero-order chi connectivity index (χ0) is 8.55. The van der Waals surface area contributed by atoms with E-state index in [0.29, 0.717) is 6.42 Å². The lowest BCUT2D eigenvalue weighted by atomic mass is 9.78. The standard InChI is InChI=1S/C8H10BNO2/c11-9(12)8-5-6-3-1-2-4-7(6)10-8/h1-4,8,10-12H,5H2. The van der Waals surface area contributed by atoms with E-state index in [4.69, 9.17) is 10.0 Å². The molecule has 3 nitrogen and oxygen atoms in total. The summed E-state index contributed by atoms with van der Waals surface area (Å²) in [5.41, 5.74) is 2.16. The van der Waals surface area contributed by atoms with Crippen LogP contribution in [-0.2, 0) is 6.42 Å². The molecule has 0 saturated carbocycles. The van der Waals surface area contributed by atoms with Gasteiger partial charge >= 0.3 is 7.12 Å². The molecule has 1 unspecified atom stereocenters. The summed E-state index contributed by atoms with van der Waals surface area (Å²) in [6.07, 6.45) is 0.688. The first-order chi connectivity index (χ1) is 5.77. The van der Waals surface area contributed by atoms with Crippen LogP contribution in [0.5, 0.6) is 0 Å². The van der Waals surface area contributed by atoms with Gasteiger partial charge in [-0.1, -0.05) is 18.2 Å². The minimum absolute atomic E-state index is 0.248. The highest BCUT2D eigenvalue weighted by molar-refractivity contribution is 6.44. The highest BCUT2D eigenvalue weighted by Crippen LogP contribution is 2.25. The van der Waals surface area contributed by atoms with Gasteiger partial charge in [-0.05, 0) is 18.1 Å². The van der Waals surface area contributed by atoms with Crippen LogP contribution in [0.1, 0.15) is 5.56 Å². The predicted molar refractivity (Wildman–Crippen MR) is 47.7 cm³/mol. The van der Waals surface area contributed by atoms with Crippen LogP contribution in [0.2, 0.25) is 0 Å². The number of para-hydroxylation sites is 1. The van der Waals surface area contributed by atoms with E-state index in [1.807, 2.05) is 24.3 Å². The second-order valence-corrected chi connectivity index (χ2v) is 3.03. The summed E-state index contributed by atoms with van der Waals surface area (Å²) in [6.45, 7) is 0. The third-order valence-corrected chi connectivity index (χ3v) is 2.16. The van der Waals surface area contributed by atoms with Crippen LogP contribution in [0.3, 0.4) is 0 Å². The number of nitrogens with one attached hydrogen (secondary N) is 1. The first kappa shape index (κ1) is 7.64. The van der Waals surface area contributed by atoms with Gasteiger partial charge in [0.25, 0.3) is 0 Å². The fraction of sp³-hybridized carbons (Fsp3) is 0.250. The number of fused-ring (bicyclic) bond motifs is 1. The van der Waals surface area contributed by atoms with Crippen molar-refractivity contribution in [3.8, 4) is 0 Å². The molecule has 1 aliphatic heterocycles. The van der Waals surface area contributed by atoms with Gasteiger partial charge in [0.2, 0.25) is 0 Å². The van der Waals surface area contributed by atoms with Gasteiger partial charge < -0.3 is 15.4 Å². The Balaban J connectivity index is 2.22. The molecule has 0 radical (unpaired) electrons. The third kappa shape index (κ3) is 1.19. The number of anilines is 1. The van der Waals surface area contributed by atoms with E-state index >= 15 is 0 Å². The highest BCUT2D eigenvalue weighted by Gasteiger charge is 2.29. The average Bonchev–Trinajstić information content (AvgIpc) is 2.46. The largest absolute Gasteiger partial charge is 0.475 e. The Labute approximate surface area is 71.2 Å². The summed E-state index contributed by atoms with van der Waals surface area (Å²) in [7, 11) is -1.28. The molecule has 1 heterocycles. The minimum Gasteiger partial charge on any atom is -0.426 e. The second-order valence-electron chi connectivity index (χ2n) is 3.03. The quantitative estimate of drug-likeness (QED) is 0.512. The van der Waals surface area contributed by atoms with E-state index in [1.165, 1.54) is 0 Å². The Morgan fingerprint density at radius 3 is 2.75 bits per heavy atom. The zero-order valence-electron chi connectivity index (χ0n) is 6.57. The molecule has 2 rings (SSSR count). The highest BCUT2D eigenvalue weighted by atomic mass is 16.4. The van der Waals surface area contributed by atoms with Crippen LogP contribution in [0.25, 0.3) is 0 Å². The smallest absolute Gasteiger partial charge is 0.426 e. The van der Waals surface area contributed by atoms with Crippen molar-refractivity contribution in [2.45, 2.75) is 12.4 Å². The normalized spacial score (nSPS) is 20.0. The van der Waals surface area contributed by atoms with E-state index in [0.717, 1.165) is 11.3 Å². The first-order valence-electron chi connectivity index (χ1n) is 3.98. The molecule has 0 bridgehead atoms. The van der Waals surface area contributed by atoms with Crippen LogP contribution < -0.4 is 5.32 Å². The molecule has 1 aliphatic rings. The Hall–Kier alpha value is -0.995. The maximum absolute atomic E-state index is 8.92. The molecule has 0 spiro atoms. The summed E-state index contributed by atoms with van der Waals surface area (Å²) >= 11 is 0. The zero-order valence-corrected chi connectivity index (χ0v) is 6.57. The van der Waals surface area contributed by atoms with Gasteiger partial charge in [-0.3, -0.25) is 0 Å². The van der Waals surface area contributed by atoms with Crippen molar-refractivity contribution < 1.29 is 10.0 Å².